The molecule has 1 N–H and O–H groups in total. The molecule has 1 saturated carbocycles. The number of hydrogen-bond acceptors (Lipinski definition) is 6. The SMILES string of the molecule is CSCCC(NC(=O)c1ccc(CN(CCC2CCCCC2)S(=O)(=O)c2ccc(Br)cc2)cc1-c1ccccc1C)C(=O)[O-].[Li+]. The van der Waals surface area contributed by atoms with Crippen molar-refractivity contribution in [1.29, 1.82) is 0 Å². The number of nitrogens with one attached hydrogen (secondary N) is 1. The Labute approximate surface area is 292 Å². The molecular weight excluding hydrogens is 667 g/mol. The molecule has 1 aliphatic rings. The van der Waals surface area contributed by atoms with Crippen LogP contribution in [-0.4, -0.2) is 49.2 Å². The van der Waals surface area contributed by atoms with Gasteiger partial charge in [0.2, 0.25) is 10.0 Å². The van der Waals surface area contributed by atoms with Gasteiger partial charge < -0.3 is 15.2 Å². The van der Waals surface area contributed by atoms with Gasteiger partial charge >= 0.3 is 18.9 Å². The van der Waals surface area contributed by atoms with E-state index in [0.717, 1.165) is 40.4 Å². The first-order chi connectivity index (χ1) is 21.1. The summed E-state index contributed by atoms with van der Waals surface area (Å²) in [7, 11) is -3.80. The molecule has 1 fully saturated rings. The molecule has 11 heteroatoms. The van der Waals surface area contributed by atoms with Crippen molar-refractivity contribution in [2.75, 3.05) is 18.6 Å². The van der Waals surface area contributed by atoms with Crippen LogP contribution in [0.2, 0.25) is 0 Å². The third-order valence-electron chi connectivity index (χ3n) is 8.29. The van der Waals surface area contributed by atoms with Crippen molar-refractivity contribution in [3.05, 3.63) is 87.9 Å². The Morgan fingerprint density at radius 2 is 1.71 bits per heavy atom. The number of amides is 1. The zero-order valence-electron chi connectivity index (χ0n) is 26.3. The number of thioether (sulfide) groups is 1. The van der Waals surface area contributed by atoms with Gasteiger partial charge in [0.1, 0.15) is 0 Å². The largest absolute Gasteiger partial charge is 1.00 e. The zero-order valence-corrected chi connectivity index (χ0v) is 29.5. The summed E-state index contributed by atoms with van der Waals surface area (Å²) in [5, 5.41) is 14.4. The van der Waals surface area contributed by atoms with Crippen molar-refractivity contribution in [3.8, 4) is 11.1 Å². The Hall–Kier alpha value is -2.06. The van der Waals surface area contributed by atoms with Crippen LogP contribution in [0.1, 0.15) is 66.4 Å². The van der Waals surface area contributed by atoms with Gasteiger partial charge in [0.15, 0.2) is 0 Å². The predicted molar refractivity (Wildman–Crippen MR) is 179 cm³/mol. The Balaban J connectivity index is 0.00000552. The number of carbonyl (C=O) groups is 2. The van der Waals surface area contributed by atoms with E-state index in [-0.39, 0.29) is 36.7 Å². The van der Waals surface area contributed by atoms with Crippen LogP contribution in [0.25, 0.3) is 11.1 Å². The van der Waals surface area contributed by atoms with E-state index >= 15 is 0 Å². The summed E-state index contributed by atoms with van der Waals surface area (Å²) in [6.07, 6.45) is 8.76. The van der Waals surface area contributed by atoms with E-state index in [1.807, 2.05) is 43.5 Å². The van der Waals surface area contributed by atoms with E-state index in [1.54, 1.807) is 40.7 Å². The number of sulfonamides is 1. The summed E-state index contributed by atoms with van der Waals surface area (Å²) in [6.45, 7) is 2.48. The Kier molecular flexibility index (Phi) is 14.7. The average Bonchev–Trinajstić information content (AvgIpc) is 3.01. The van der Waals surface area contributed by atoms with Crippen molar-refractivity contribution < 1.29 is 42.0 Å². The molecule has 1 aliphatic carbocycles. The number of nitrogens with zero attached hydrogens (tertiary/aromatic N) is 1. The second kappa shape index (κ2) is 17.7. The number of benzene rings is 3. The van der Waals surface area contributed by atoms with Crippen molar-refractivity contribution in [2.24, 2.45) is 5.92 Å². The zero-order chi connectivity index (χ0) is 31.7. The molecule has 4 rings (SSSR count). The Bertz CT molecular complexity index is 1550. The van der Waals surface area contributed by atoms with Crippen LogP contribution in [-0.2, 0) is 21.4 Å². The van der Waals surface area contributed by atoms with E-state index in [1.165, 1.54) is 31.0 Å². The fourth-order valence-electron chi connectivity index (χ4n) is 5.75. The first kappa shape index (κ1) is 37.4. The summed E-state index contributed by atoms with van der Waals surface area (Å²) in [5.74, 6) is -0.774. The molecule has 1 amide bonds. The number of carboxylic acid groups (broad SMARTS) is 1. The van der Waals surface area contributed by atoms with Gasteiger partial charge in [-0.25, -0.2) is 8.42 Å². The van der Waals surface area contributed by atoms with Crippen molar-refractivity contribution in [1.82, 2.24) is 9.62 Å². The third kappa shape index (κ3) is 10.2. The van der Waals surface area contributed by atoms with Crippen LogP contribution >= 0.6 is 27.7 Å². The first-order valence-electron chi connectivity index (χ1n) is 15.1. The third-order valence-corrected chi connectivity index (χ3v) is 11.3. The van der Waals surface area contributed by atoms with Crippen molar-refractivity contribution >= 4 is 49.6 Å². The maximum Gasteiger partial charge on any atom is 1.00 e. The molecule has 0 aliphatic heterocycles. The number of aryl methyl sites for hydroxylation is 1. The number of rotatable bonds is 14. The molecule has 1 atom stereocenters. The van der Waals surface area contributed by atoms with Crippen molar-refractivity contribution in [3.63, 3.8) is 0 Å². The molecule has 45 heavy (non-hydrogen) atoms. The van der Waals surface area contributed by atoms with Crippen molar-refractivity contribution in [2.45, 2.75) is 69.4 Å². The van der Waals surface area contributed by atoms with E-state index in [0.29, 0.717) is 29.3 Å². The maximum absolute atomic E-state index is 14.0. The molecule has 7 nitrogen and oxygen atoms in total. The van der Waals surface area contributed by atoms with Gasteiger partial charge in [-0.05, 0) is 96.3 Å². The van der Waals surface area contributed by atoms with E-state index < -0.39 is 27.9 Å². The minimum absolute atomic E-state index is 0. The van der Waals surface area contributed by atoms with Gasteiger partial charge in [-0.1, -0.05) is 78.4 Å². The normalized spacial score (nSPS) is 14.5. The maximum atomic E-state index is 14.0. The monoisotopic (exact) mass is 706 g/mol. The van der Waals surface area contributed by atoms with Crippen LogP contribution < -0.4 is 29.3 Å². The van der Waals surface area contributed by atoms with Gasteiger partial charge in [0, 0.05) is 23.1 Å². The molecule has 0 heterocycles. The molecule has 0 radical (unpaired) electrons. The number of carboxylic acids is 1. The quantitative estimate of drug-likeness (QED) is 0.258. The second-order valence-electron chi connectivity index (χ2n) is 11.4. The number of carbonyl (C=O) groups excluding carboxylic acids is 2. The summed E-state index contributed by atoms with van der Waals surface area (Å²) >= 11 is 4.89. The van der Waals surface area contributed by atoms with Crippen LogP contribution in [0, 0.1) is 12.8 Å². The Morgan fingerprint density at radius 1 is 1.02 bits per heavy atom. The van der Waals surface area contributed by atoms with Gasteiger partial charge in [-0.15, -0.1) is 0 Å². The second-order valence-corrected chi connectivity index (χ2v) is 15.2. The fraction of sp³-hybridized carbons (Fsp3) is 0.412. The molecule has 0 spiro atoms. The number of aliphatic carboxylic acids is 1. The van der Waals surface area contributed by atoms with Crippen LogP contribution in [0.3, 0.4) is 0 Å². The molecular formula is C34H40BrLiN2O5S2. The van der Waals surface area contributed by atoms with E-state index in [4.69, 9.17) is 0 Å². The Morgan fingerprint density at radius 3 is 2.36 bits per heavy atom. The van der Waals surface area contributed by atoms with Gasteiger partial charge in [0.25, 0.3) is 5.91 Å². The molecule has 0 aromatic heterocycles. The molecule has 1 unspecified atom stereocenters. The summed E-state index contributed by atoms with van der Waals surface area (Å²) < 4.78 is 30.3. The fourth-order valence-corrected chi connectivity index (χ4v) is 7.93. The predicted octanol–water partition coefficient (Wildman–Crippen LogP) is 3.19. The van der Waals surface area contributed by atoms with Gasteiger partial charge in [-0.3, -0.25) is 4.79 Å². The van der Waals surface area contributed by atoms with E-state index in [2.05, 4.69) is 21.2 Å². The van der Waals surface area contributed by atoms with Crippen LogP contribution in [0.5, 0.6) is 0 Å². The number of halogens is 1. The molecule has 0 saturated heterocycles. The molecule has 236 valence electrons. The molecule has 3 aromatic carbocycles. The minimum Gasteiger partial charge on any atom is -0.548 e. The summed E-state index contributed by atoms with van der Waals surface area (Å²) in [6, 6.07) is 18.5. The topological polar surface area (TPSA) is 107 Å². The van der Waals surface area contributed by atoms with E-state index in [9.17, 15) is 23.1 Å². The minimum atomic E-state index is -3.80. The standard InChI is InChI=1S/C34H41BrN2O5S2.Li/c1-24-8-6-7-11-29(24)31-22-26(12-17-30(31)33(38)36-32(34(39)40)19-21-43-2)23-37(20-18-25-9-4-3-5-10-25)44(41,42)28-15-13-27(35)14-16-28;/h6-8,11-17,22,25,32H,3-5,9-10,18-21,23H2,1-2H3,(H,36,38)(H,39,40);/q;+1/p-1. The molecule has 3 aromatic rings. The van der Waals surface area contributed by atoms with Crippen LogP contribution in [0.15, 0.2) is 76.1 Å². The van der Waals surface area contributed by atoms with Gasteiger partial charge in [0.05, 0.1) is 16.9 Å². The smallest absolute Gasteiger partial charge is 0.548 e. The van der Waals surface area contributed by atoms with Gasteiger partial charge in [-0.2, -0.15) is 16.1 Å². The molecule has 0 bridgehead atoms. The summed E-state index contributed by atoms with van der Waals surface area (Å²) in [4.78, 5) is 25.5. The first-order valence-corrected chi connectivity index (χ1v) is 18.7. The average molecular weight is 708 g/mol. The summed E-state index contributed by atoms with van der Waals surface area (Å²) in [5.41, 5.74) is 3.44. The number of hydrogen-bond donors (Lipinski definition) is 1. The van der Waals surface area contributed by atoms with Crippen LogP contribution in [0.4, 0.5) is 0 Å².